The van der Waals surface area contributed by atoms with Gasteiger partial charge in [-0.25, -0.2) is 4.79 Å². The van der Waals surface area contributed by atoms with Crippen molar-refractivity contribution in [1.82, 2.24) is 0 Å². The Bertz CT molecular complexity index is 425. The lowest BCUT2D eigenvalue weighted by Gasteiger charge is -2.19. The first-order valence-corrected chi connectivity index (χ1v) is 6.75. The number of epoxide rings is 1. The molecule has 0 aromatic heterocycles. The molecular formula is C15H20O3. The lowest BCUT2D eigenvalue weighted by atomic mass is 9.83. The topological polar surface area (TPSA) is 38.8 Å². The molecule has 2 heterocycles. The molecule has 0 aromatic carbocycles. The van der Waals surface area contributed by atoms with E-state index in [0.29, 0.717) is 11.5 Å². The maximum absolute atomic E-state index is 11.7. The number of hydrogen-bond donors (Lipinski definition) is 0. The average Bonchev–Trinajstić information content (AvgIpc) is 2.90. The van der Waals surface area contributed by atoms with Gasteiger partial charge in [0.05, 0.1) is 5.60 Å². The third kappa shape index (κ3) is 1.81. The third-order valence-electron chi connectivity index (χ3n) is 4.51. The summed E-state index contributed by atoms with van der Waals surface area (Å²) in [6.07, 6.45) is 7.31. The first-order chi connectivity index (χ1) is 8.51. The van der Waals surface area contributed by atoms with Crippen molar-refractivity contribution in [3.05, 3.63) is 24.3 Å². The minimum Gasteiger partial charge on any atom is -0.455 e. The molecule has 5 atom stereocenters. The molecular weight excluding hydrogens is 228 g/mol. The number of ether oxygens (including phenoxy) is 2. The van der Waals surface area contributed by atoms with Crippen molar-refractivity contribution in [2.24, 2.45) is 11.8 Å². The highest BCUT2D eigenvalue weighted by Gasteiger charge is 2.61. The van der Waals surface area contributed by atoms with E-state index in [2.05, 4.69) is 32.6 Å². The fourth-order valence-corrected chi connectivity index (χ4v) is 3.15. The van der Waals surface area contributed by atoms with Gasteiger partial charge in [0.1, 0.15) is 12.2 Å². The summed E-state index contributed by atoms with van der Waals surface area (Å²) in [7, 11) is 0. The van der Waals surface area contributed by atoms with Gasteiger partial charge in [0, 0.05) is 11.5 Å². The molecule has 18 heavy (non-hydrogen) atoms. The van der Waals surface area contributed by atoms with Crippen LogP contribution in [0, 0.1) is 11.8 Å². The monoisotopic (exact) mass is 248 g/mol. The third-order valence-corrected chi connectivity index (χ3v) is 4.51. The average molecular weight is 248 g/mol. The first-order valence-electron chi connectivity index (χ1n) is 6.75. The Hall–Kier alpha value is -1.09. The molecule has 2 saturated heterocycles. The van der Waals surface area contributed by atoms with Crippen LogP contribution in [-0.4, -0.2) is 23.8 Å². The highest BCUT2D eigenvalue weighted by Crippen LogP contribution is 2.49. The van der Waals surface area contributed by atoms with Gasteiger partial charge >= 0.3 is 5.97 Å². The summed E-state index contributed by atoms with van der Waals surface area (Å²) in [4.78, 5) is 11.7. The molecule has 0 N–H and O–H groups in total. The molecule has 3 heteroatoms. The molecule has 1 aliphatic carbocycles. The summed E-state index contributed by atoms with van der Waals surface area (Å²) in [5.74, 6) is 0.439. The SMILES string of the molecule is C=C1C(=O)O[C@H]2[C@H]1CCC(C)/C=C\C[C@@]1(C)O[C@@H]21. The highest BCUT2D eigenvalue weighted by atomic mass is 16.6. The van der Waals surface area contributed by atoms with E-state index < -0.39 is 0 Å². The summed E-state index contributed by atoms with van der Waals surface area (Å²) in [6, 6.07) is 0. The predicted octanol–water partition coefficient (Wildman–Crippen LogP) is 2.62. The van der Waals surface area contributed by atoms with Crippen LogP contribution in [0.4, 0.5) is 0 Å². The fourth-order valence-electron chi connectivity index (χ4n) is 3.15. The van der Waals surface area contributed by atoms with Crippen LogP contribution < -0.4 is 0 Å². The van der Waals surface area contributed by atoms with Crippen LogP contribution in [-0.2, 0) is 14.3 Å². The molecule has 1 unspecified atom stereocenters. The quantitative estimate of drug-likeness (QED) is 0.286. The van der Waals surface area contributed by atoms with Crippen LogP contribution in [0.2, 0.25) is 0 Å². The normalized spacial score (nSPS) is 49.0. The number of esters is 1. The summed E-state index contributed by atoms with van der Waals surface area (Å²) < 4.78 is 11.3. The zero-order chi connectivity index (χ0) is 12.9. The van der Waals surface area contributed by atoms with Gasteiger partial charge in [-0.15, -0.1) is 0 Å². The molecule has 3 nitrogen and oxygen atoms in total. The number of carbonyl (C=O) groups excluding carboxylic acids is 1. The van der Waals surface area contributed by atoms with Crippen molar-refractivity contribution in [2.45, 2.75) is 50.9 Å². The van der Waals surface area contributed by atoms with Gasteiger partial charge in [-0.05, 0) is 32.1 Å². The Labute approximate surface area is 108 Å². The number of hydrogen-bond acceptors (Lipinski definition) is 3. The maximum Gasteiger partial charge on any atom is 0.334 e. The van der Waals surface area contributed by atoms with Crippen LogP contribution in [0.25, 0.3) is 0 Å². The van der Waals surface area contributed by atoms with Gasteiger partial charge in [-0.1, -0.05) is 25.7 Å². The summed E-state index contributed by atoms with van der Waals surface area (Å²) in [5, 5.41) is 0. The van der Waals surface area contributed by atoms with E-state index in [4.69, 9.17) is 9.47 Å². The van der Waals surface area contributed by atoms with Crippen LogP contribution in [0.15, 0.2) is 24.3 Å². The van der Waals surface area contributed by atoms with E-state index >= 15 is 0 Å². The molecule has 2 fully saturated rings. The molecule has 3 rings (SSSR count). The Balaban J connectivity index is 1.87. The van der Waals surface area contributed by atoms with Gasteiger partial charge < -0.3 is 9.47 Å². The molecule has 98 valence electrons. The fraction of sp³-hybridized carbons (Fsp3) is 0.667. The van der Waals surface area contributed by atoms with E-state index in [1.54, 1.807) is 0 Å². The number of rotatable bonds is 0. The number of carbonyl (C=O) groups is 1. The standard InChI is InChI=1S/C15H20O3/c1-9-5-4-8-15(3)13(18-15)12-11(7-6-9)10(2)14(16)17-12/h4-5,9,11-13H,2,6-8H2,1,3H3/b5-4-/t9?,11-,12-,13-,15+/m0/s1. The molecule has 0 spiro atoms. The molecule has 0 saturated carbocycles. The zero-order valence-electron chi connectivity index (χ0n) is 11.0. The lowest BCUT2D eigenvalue weighted by Crippen LogP contribution is -2.28. The van der Waals surface area contributed by atoms with E-state index in [0.717, 1.165) is 19.3 Å². The lowest BCUT2D eigenvalue weighted by molar-refractivity contribution is -0.140. The van der Waals surface area contributed by atoms with Gasteiger partial charge in [-0.3, -0.25) is 0 Å². The molecule has 0 amide bonds. The summed E-state index contributed by atoms with van der Waals surface area (Å²) in [5.41, 5.74) is 0.482. The van der Waals surface area contributed by atoms with E-state index in [1.165, 1.54) is 0 Å². The van der Waals surface area contributed by atoms with Gasteiger partial charge in [0.25, 0.3) is 0 Å². The van der Waals surface area contributed by atoms with Crippen LogP contribution >= 0.6 is 0 Å². The maximum atomic E-state index is 11.7. The van der Waals surface area contributed by atoms with E-state index in [9.17, 15) is 4.79 Å². The number of allylic oxidation sites excluding steroid dienone is 1. The minimum absolute atomic E-state index is 0.0451. The van der Waals surface area contributed by atoms with Crippen molar-refractivity contribution in [3.8, 4) is 0 Å². The van der Waals surface area contributed by atoms with E-state index in [1.807, 2.05) is 0 Å². The molecule has 0 aromatic rings. The smallest absolute Gasteiger partial charge is 0.334 e. The minimum atomic E-state index is -0.234. The zero-order valence-corrected chi connectivity index (χ0v) is 11.0. The second-order valence-electron chi connectivity index (χ2n) is 6.04. The molecule has 2 aliphatic heterocycles. The summed E-state index contributed by atoms with van der Waals surface area (Å²) in [6.45, 7) is 8.21. The van der Waals surface area contributed by atoms with Gasteiger partial charge in [0.15, 0.2) is 0 Å². The van der Waals surface area contributed by atoms with Crippen LogP contribution in [0.3, 0.4) is 0 Å². The van der Waals surface area contributed by atoms with Gasteiger partial charge in [0.2, 0.25) is 0 Å². The Morgan fingerprint density at radius 1 is 1.44 bits per heavy atom. The van der Waals surface area contributed by atoms with Crippen molar-refractivity contribution >= 4 is 5.97 Å². The molecule has 3 aliphatic rings. The number of fused-ring (bicyclic) bond motifs is 3. The molecule has 0 radical (unpaired) electrons. The Kier molecular flexibility index (Phi) is 2.63. The van der Waals surface area contributed by atoms with Crippen molar-refractivity contribution < 1.29 is 14.3 Å². The highest BCUT2D eigenvalue weighted by molar-refractivity contribution is 5.91. The largest absolute Gasteiger partial charge is 0.455 e. The Morgan fingerprint density at radius 2 is 2.22 bits per heavy atom. The van der Waals surface area contributed by atoms with Crippen LogP contribution in [0.1, 0.15) is 33.1 Å². The van der Waals surface area contributed by atoms with Crippen LogP contribution in [0.5, 0.6) is 0 Å². The predicted molar refractivity (Wildman–Crippen MR) is 67.9 cm³/mol. The van der Waals surface area contributed by atoms with Crippen molar-refractivity contribution in [1.29, 1.82) is 0 Å². The van der Waals surface area contributed by atoms with E-state index in [-0.39, 0.29) is 29.7 Å². The van der Waals surface area contributed by atoms with Crippen molar-refractivity contribution in [3.63, 3.8) is 0 Å². The first kappa shape index (κ1) is 12.0. The second kappa shape index (κ2) is 3.95. The second-order valence-corrected chi connectivity index (χ2v) is 6.04. The van der Waals surface area contributed by atoms with Gasteiger partial charge in [-0.2, -0.15) is 0 Å². The van der Waals surface area contributed by atoms with Crippen molar-refractivity contribution in [2.75, 3.05) is 0 Å². The molecule has 0 bridgehead atoms. The summed E-state index contributed by atoms with van der Waals surface area (Å²) >= 11 is 0. The Morgan fingerprint density at radius 3 is 3.00 bits per heavy atom.